The van der Waals surface area contributed by atoms with E-state index in [1.807, 2.05) is 18.2 Å². The molecule has 1 heterocycles. The van der Waals surface area contributed by atoms with Crippen LogP contribution in [-0.4, -0.2) is 30.6 Å². The molecule has 0 amide bonds. The van der Waals surface area contributed by atoms with Crippen molar-refractivity contribution in [3.63, 3.8) is 0 Å². The molecule has 0 aliphatic carbocycles. The Bertz CT molecular complexity index is 433. The highest BCUT2D eigenvalue weighted by atomic mass is 16.5. The van der Waals surface area contributed by atoms with E-state index in [1.54, 1.807) is 0 Å². The molecule has 0 bridgehead atoms. The lowest BCUT2D eigenvalue weighted by Gasteiger charge is -2.33. The van der Waals surface area contributed by atoms with Crippen LogP contribution in [0.3, 0.4) is 0 Å². The smallest absolute Gasteiger partial charge is 0.122 e. The fourth-order valence-corrected chi connectivity index (χ4v) is 2.59. The third-order valence-electron chi connectivity index (χ3n) is 3.76. The van der Waals surface area contributed by atoms with Crippen LogP contribution in [0.4, 0.5) is 0 Å². The molecule has 1 fully saturated rings. The Labute approximate surface area is 115 Å². The molecular weight excluding hydrogens is 236 g/mol. The van der Waals surface area contributed by atoms with Crippen LogP contribution in [0, 0.1) is 18.3 Å². The van der Waals surface area contributed by atoms with E-state index in [-0.39, 0.29) is 6.04 Å². The fourth-order valence-electron chi connectivity index (χ4n) is 2.59. The van der Waals surface area contributed by atoms with Gasteiger partial charge in [0.25, 0.3) is 0 Å². The molecule has 1 saturated heterocycles. The van der Waals surface area contributed by atoms with Gasteiger partial charge in [0.05, 0.1) is 18.5 Å². The van der Waals surface area contributed by atoms with Crippen LogP contribution in [0.1, 0.15) is 31.2 Å². The van der Waals surface area contributed by atoms with Crippen molar-refractivity contribution >= 4 is 0 Å². The number of benzene rings is 1. The molecule has 3 nitrogen and oxygen atoms in total. The Balaban J connectivity index is 1.93. The second-order valence-electron chi connectivity index (χ2n) is 5.19. The Hall–Kier alpha value is -1.53. The number of ether oxygens (including phenoxy) is 1. The molecule has 2 rings (SSSR count). The molecule has 1 aromatic carbocycles. The minimum atomic E-state index is 0.227. The van der Waals surface area contributed by atoms with Gasteiger partial charge in [0.1, 0.15) is 12.4 Å². The second-order valence-corrected chi connectivity index (χ2v) is 5.19. The summed E-state index contributed by atoms with van der Waals surface area (Å²) in [6, 6.07) is 10.6. The molecule has 0 spiro atoms. The van der Waals surface area contributed by atoms with Gasteiger partial charge in [-0.25, -0.2) is 0 Å². The van der Waals surface area contributed by atoms with Gasteiger partial charge >= 0.3 is 0 Å². The number of nitriles is 1. The maximum atomic E-state index is 8.99. The summed E-state index contributed by atoms with van der Waals surface area (Å²) in [6.07, 6.45) is 4.35. The van der Waals surface area contributed by atoms with Gasteiger partial charge in [-0.1, -0.05) is 24.6 Å². The molecule has 1 aliphatic rings. The van der Waals surface area contributed by atoms with Gasteiger partial charge in [-0.15, -0.1) is 0 Å². The van der Waals surface area contributed by atoms with Gasteiger partial charge in [0.2, 0.25) is 0 Å². The molecular formula is C16H22N2O. The van der Waals surface area contributed by atoms with Gasteiger partial charge < -0.3 is 4.74 Å². The van der Waals surface area contributed by atoms with Crippen molar-refractivity contribution in [3.05, 3.63) is 29.8 Å². The molecule has 0 saturated carbocycles. The molecule has 1 aromatic rings. The Morgan fingerprint density at radius 3 is 2.68 bits per heavy atom. The predicted octanol–water partition coefficient (Wildman–Crippen LogP) is 3.14. The molecule has 0 N–H and O–H groups in total. The summed E-state index contributed by atoms with van der Waals surface area (Å²) in [5, 5.41) is 8.99. The first kappa shape index (κ1) is 13.9. The van der Waals surface area contributed by atoms with Crippen molar-refractivity contribution < 1.29 is 4.74 Å². The highest BCUT2D eigenvalue weighted by Crippen LogP contribution is 2.19. The summed E-state index contributed by atoms with van der Waals surface area (Å²) < 4.78 is 5.91. The van der Waals surface area contributed by atoms with E-state index in [9.17, 15) is 0 Å². The normalized spacial score (nSPS) is 17.7. The summed E-state index contributed by atoms with van der Waals surface area (Å²) in [7, 11) is 0. The largest absolute Gasteiger partial charge is 0.492 e. The van der Waals surface area contributed by atoms with Gasteiger partial charge in [0, 0.05) is 0 Å². The van der Waals surface area contributed by atoms with Gasteiger partial charge in [-0.2, -0.15) is 5.26 Å². The summed E-state index contributed by atoms with van der Waals surface area (Å²) >= 11 is 0. The van der Waals surface area contributed by atoms with E-state index in [0.29, 0.717) is 13.0 Å². The van der Waals surface area contributed by atoms with Crippen LogP contribution in [0.2, 0.25) is 0 Å². The third-order valence-corrected chi connectivity index (χ3v) is 3.76. The quantitative estimate of drug-likeness (QED) is 0.814. The average Bonchev–Trinajstić information content (AvgIpc) is 2.46. The number of likely N-dealkylation sites (tertiary alicyclic amines) is 1. The van der Waals surface area contributed by atoms with Crippen molar-refractivity contribution in [1.82, 2.24) is 4.90 Å². The highest BCUT2D eigenvalue weighted by molar-refractivity contribution is 5.31. The average molecular weight is 258 g/mol. The Morgan fingerprint density at radius 2 is 2.00 bits per heavy atom. The van der Waals surface area contributed by atoms with Crippen LogP contribution >= 0.6 is 0 Å². The van der Waals surface area contributed by atoms with Crippen LogP contribution in [0.5, 0.6) is 5.75 Å². The molecule has 3 heteroatoms. The monoisotopic (exact) mass is 258 g/mol. The number of hydrogen-bond donors (Lipinski definition) is 0. The lowest BCUT2D eigenvalue weighted by Crippen LogP contribution is -2.42. The van der Waals surface area contributed by atoms with Crippen LogP contribution in [0.25, 0.3) is 0 Å². The van der Waals surface area contributed by atoms with Gasteiger partial charge in [-0.05, 0) is 44.5 Å². The second kappa shape index (κ2) is 7.16. The first-order chi connectivity index (χ1) is 9.31. The van der Waals surface area contributed by atoms with Crippen molar-refractivity contribution in [2.24, 2.45) is 0 Å². The zero-order valence-electron chi connectivity index (χ0n) is 11.6. The number of aryl methyl sites for hydroxylation is 1. The van der Waals surface area contributed by atoms with E-state index < -0.39 is 0 Å². The Morgan fingerprint density at radius 1 is 1.26 bits per heavy atom. The molecule has 0 aromatic heterocycles. The van der Waals surface area contributed by atoms with Crippen LogP contribution in [-0.2, 0) is 0 Å². The minimum absolute atomic E-state index is 0.227. The van der Waals surface area contributed by atoms with Crippen molar-refractivity contribution in [3.8, 4) is 11.8 Å². The first-order valence-corrected chi connectivity index (χ1v) is 7.10. The number of nitrogens with zero attached hydrogens (tertiary/aromatic N) is 2. The van der Waals surface area contributed by atoms with E-state index in [0.717, 1.165) is 24.4 Å². The molecule has 102 valence electrons. The predicted molar refractivity (Wildman–Crippen MR) is 76.1 cm³/mol. The summed E-state index contributed by atoms with van der Waals surface area (Å²) in [5.41, 5.74) is 1.15. The van der Waals surface area contributed by atoms with Crippen LogP contribution < -0.4 is 4.74 Å². The summed E-state index contributed by atoms with van der Waals surface area (Å²) in [6.45, 7) is 4.86. The fraction of sp³-hybridized carbons (Fsp3) is 0.562. The van der Waals surface area contributed by atoms with E-state index >= 15 is 0 Å². The maximum absolute atomic E-state index is 8.99. The van der Waals surface area contributed by atoms with Crippen molar-refractivity contribution in [1.29, 1.82) is 5.26 Å². The number of hydrogen-bond acceptors (Lipinski definition) is 3. The summed E-state index contributed by atoms with van der Waals surface area (Å²) in [4.78, 5) is 2.41. The van der Waals surface area contributed by atoms with E-state index in [4.69, 9.17) is 10.00 Å². The topological polar surface area (TPSA) is 36.3 Å². The van der Waals surface area contributed by atoms with Crippen molar-refractivity contribution in [2.75, 3.05) is 19.7 Å². The SMILES string of the molecule is Cc1ccccc1OCC(CC#N)N1CCCCC1. The van der Waals surface area contributed by atoms with Crippen molar-refractivity contribution in [2.45, 2.75) is 38.6 Å². The highest BCUT2D eigenvalue weighted by Gasteiger charge is 2.21. The number of para-hydroxylation sites is 1. The number of rotatable bonds is 5. The van der Waals surface area contributed by atoms with E-state index in [2.05, 4.69) is 24.0 Å². The van der Waals surface area contributed by atoms with Gasteiger partial charge in [0.15, 0.2) is 0 Å². The summed E-state index contributed by atoms with van der Waals surface area (Å²) in [5.74, 6) is 0.933. The van der Waals surface area contributed by atoms with Crippen LogP contribution in [0.15, 0.2) is 24.3 Å². The standard InChI is InChI=1S/C16H22N2O/c1-14-7-3-4-8-16(14)19-13-15(9-10-17)18-11-5-2-6-12-18/h3-4,7-8,15H,2,5-6,9,11-13H2,1H3. The first-order valence-electron chi connectivity index (χ1n) is 7.10. The van der Waals surface area contributed by atoms with Gasteiger partial charge in [-0.3, -0.25) is 4.90 Å². The molecule has 1 atom stereocenters. The maximum Gasteiger partial charge on any atom is 0.122 e. The third kappa shape index (κ3) is 3.97. The minimum Gasteiger partial charge on any atom is -0.492 e. The molecule has 19 heavy (non-hydrogen) atoms. The molecule has 0 radical (unpaired) electrons. The van der Waals surface area contributed by atoms with E-state index in [1.165, 1.54) is 19.3 Å². The lowest BCUT2D eigenvalue weighted by molar-refractivity contribution is 0.116. The Kier molecular flexibility index (Phi) is 5.23. The number of piperidine rings is 1. The molecule has 1 unspecified atom stereocenters. The zero-order chi connectivity index (χ0) is 13.5. The lowest BCUT2D eigenvalue weighted by atomic mass is 10.1. The zero-order valence-corrected chi connectivity index (χ0v) is 11.6. The molecule has 1 aliphatic heterocycles.